The van der Waals surface area contributed by atoms with Gasteiger partial charge in [-0.1, -0.05) is 71.4 Å². The van der Waals surface area contributed by atoms with Gasteiger partial charge in [0.2, 0.25) is 10.0 Å². The standard InChI is InChI=1S/C30H33BrN2O6S/c1-19-15-33(20(2)17-34)40(36,37)29-13-12-21(31)14-27(29)39-28(19)16-32(3)30(35)38-18-26-24-10-6-4-8-22(24)23-9-5-7-11-25(23)26/h4-14,19-20,26,28,34H,15-18H2,1-3H3/t19-,20+,28+/m1/s1. The molecule has 1 aliphatic heterocycles. The van der Waals surface area contributed by atoms with E-state index in [-0.39, 0.29) is 48.8 Å². The fourth-order valence-electron chi connectivity index (χ4n) is 5.47. The van der Waals surface area contributed by atoms with Crippen molar-refractivity contribution in [2.24, 2.45) is 5.92 Å². The summed E-state index contributed by atoms with van der Waals surface area (Å²) in [6.07, 6.45) is -1.01. The van der Waals surface area contributed by atoms with E-state index < -0.39 is 28.3 Å². The first-order chi connectivity index (χ1) is 19.1. The Morgan fingerprint density at radius 3 is 2.38 bits per heavy atom. The van der Waals surface area contributed by atoms with Crippen molar-refractivity contribution >= 4 is 32.0 Å². The first-order valence-corrected chi connectivity index (χ1v) is 15.5. The van der Waals surface area contributed by atoms with Crippen molar-refractivity contribution in [3.63, 3.8) is 0 Å². The molecule has 1 aliphatic carbocycles. The Morgan fingerprint density at radius 2 is 1.75 bits per heavy atom. The number of aliphatic hydroxyl groups is 1. The lowest BCUT2D eigenvalue weighted by molar-refractivity contribution is 0.0598. The number of ether oxygens (including phenoxy) is 2. The predicted molar refractivity (Wildman–Crippen MR) is 156 cm³/mol. The number of likely N-dealkylation sites (N-methyl/N-ethyl adjacent to an activating group) is 1. The van der Waals surface area contributed by atoms with Crippen LogP contribution < -0.4 is 4.74 Å². The summed E-state index contributed by atoms with van der Waals surface area (Å²) in [5, 5.41) is 9.80. The second kappa shape index (κ2) is 11.5. The molecule has 1 amide bonds. The zero-order chi connectivity index (χ0) is 28.6. The lowest BCUT2D eigenvalue weighted by Gasteiger charge is -2.37. The zero-order valence-corrected chi connectivity index (χ0v) is 25.1. The van der Waals surface area contributed by atoms with Gasteiger partial charge in [-0.05, 0) is 47.4 Å². The number of benzene rings is 3. The SMILES string of the molecule is C[C@@H]1CN([C@@H](C)CO)S(=O)(=O)c2ccc(Br)cc2O[C@H]1CN(C)C(=O)OCC1c2ccccc2-c2ccccc21. The molecule has 3 aromatic carbocycles. The summed E-state index contributed by atoms with van der Waals surface area (Å²) in [7, 11) is -2.26. The molecule has 3 atom stereocenters. The normalized spacial score (nSPS) is 20.7. The molecule has 1 heterocycles. The lowest BCUT2D eigenvalue weighted by Crippen LogP contribution is -2.50. The maximum atomic E-state index is 13.5. The van der Waals surface area contributed by atoms with Crippen LogP contribution in [0.1, 0.15) is 30.9 Å². The van der Waals surface area contributed by atoms with Crippen molar-refractivity contribution < 1.29 is 27.8 Å². The van der Waals surface area contributed by atoms with Crippen LogP contribution in [0.4, 0.5) is 4.79 Å². The van der Waals surface area contributed by atoms with E-state index in [9.17, 15) is 18.3 Å². The Bertz CT molecular complexity index is 1470. The van der Waals surface area contributed by atoms with E-state index >= 15 is 0 Å². The average molecular weight is 630 g/mol. The predicted octanol–water partition coefficient (Wildman–Crippen LogP) is 5.10. The molecule has 0 bridgehead atoms. The molecule has 2 aliphatic rings. The summed E-state index contributed by atoms with van der Waals surface area (Å²) in [4.78, 5) is 14.7. The minimum Gasteiger partial charge on any atom is -0.487 e. The summed E-state index contributed by atoms with van der Waals surface area (Å²) >= 11 is 3.40. The Kier molecular flexibility index (Phi) is 8.24. The quantitative estimate of drug-likeness (QED) is 0.408. The summed E-state index contributed by atoms with van der Waals surface area (Å²) in [5.74, 6) is -0.147. The highest BCUT2D eigenvalue weighted by Gasteiger charge is 2.38. The molecular weight excluding hydrogens is 596 g/mol. The molecule has 8 nitrogen and oxygen atoms in total. The number of carbonyl (C=O) groups is 1. The Balaban J connectivity index is 1.34. The Labute approximate surface area is 243 Å². The zero-order valence-electron chi connectivity index (χ0n) is 22.7. The van der Waals surface area contributed by atoms with Gasteiger partial charge in [0.1, 0.15) is 23.4 Å². The molecule has 40 heavy (non-hydrogen) atoms. The number of fused-ring (bicyclic) bond motifs is 4. The van der Waals surface area contributed by atoms with Crippen LogP contribution in [0.25, 0.3) is 11.1 Å². The average Bonchev–Trinajstić information content (AvgIpc) is 3.26. The number of amides is 1. The van der Waals surface area contributed by atoms with Crippen LogP contribution in [0.5, 0.6) is 5.75 Å². The van der Waals surface area contributed by atoms with E-state index in [0.717, 1.165) is 22.3 Å². The van der Waals surface area contributed by atoms with Crippen LogP contribution in [-0.2, 0) is 14.8 Å². The number of rotatable bonds is 6. The first-order valence-electron chi connectivity index (χ1n) is 13.3. The fraction of sp³-hybridized carbons (Fsp3) is 0.367. The third-order valence-corrected chi connectivity index (χ3v) is 10.2. The molecule has 3 aromatic rings. The Morgan fingerprint density at radius 1 is 1.12 bits per heavy atom. The summed E-state index contributed by atoms with van der Waals surface area (Å²) < 4.78 is 41.1. The molecule has 1 N–H and O–H groups in total. The van der Waals surface area contributed by atoms with Gasteiger partial charge in [0.25, 0.3) is 0 Å². The molecule has 0 saturated heterocycles. The van der Waals surface area contributed by atoms with Gasteiger partial charge in [-0.25, -0.2) is 13.2 Å². The molecular formula is C30H33BrN2O6S. The molecule has 0 unspecified atom stereocenters. The number of sulfonamides is 1. The number of aliphatic hydroxyl groups excluding tert-OH is 1. The van der Waals surface area contributed by atoms with E-state index in [1.165, 1.54) is 15.3 Å². The highest BCUT2D eigenvalue weighted by Crippen LogP contribution is 2.44. The van der Waals surface area contributed by atoms with Crippen molar-refractivity contribution in [1.82, 2.24) is 9.21 Å². The third-order valence-electron chi connectivity index (χ3n) is 7.73. The summed E-state index contributed by atoms with van der Waals surface area (Å²) in [5.41, 5.74) is 4.59. The van der Waals surface area contributed by atoms with Crippen LogP contribution in [0.3, 0.4) is 0 Å². The molecule has 0 aromatic heterocycles. The van der Waals surface area contributed by atoms with Crippen molar-refractivity contribution in [3.8, 4) is 16.9 Å². The van der Waals surface area contributed by atoms with E-state index in [2.05, 4.69) is 40.2 Å². The van der Waals surface area contributed by atoms with Gasteiger partial charge >= 0.3 is 6.09 Å². The second-order valence-corrected chi connectivity index (χ2v) is 13.3. The van der Waals surface area contributed by atoms with Crippen molar-refractivity contribution in [3.05, 3.63) is 82.3 Å². The molecule has 212 valence electrons. The number of nitrogens with zero attached hydrogens (tertiary/aromatic N) is 2. The van der Waals surface area contributed by atoms with Gasteiger partial charge in [0.15, 0.2) is 0 Å². The topological polar surface area (TPSA) is 96.4 Å². The van der Waals surface area contributed by atoms with Gasteiger partial charge in [-0.2, -0.15) is 4.31 Å². The maximum absolute atomic E-state index is 13.5. The van der Waals surface area contributed by atoms with Gasteiger partial charge in [-0.15, -0.1) is 0 Å². The number of hydrogen-bond acceptors (Lipinski definition) is 6. The monoisotopic (exact) mass is 628 g/mol. The van der Waals surface area contributed by atoms with Crippen molar-refractivity contribution in [2.75, 3.05) is 33.4 Å². The smallest absolute Gasteiger partial charge is 0.409 e. The second-order valence-electron chi connectivity index (χ2n) is 10.5. The van der Waals surface area contributed by atoms with Crippen LogP contribution in [-0.4, -0.2) is 74.3 Å². The van der Waals surface area contributed by atoms with E-state index in [1.807, 2.05) is 31.2 Å². The lowest BCUT2D eigenvalue weighted by atomic mass is 9.98. The highest BCUT2D eigenvalue weighted by molar-refractivity contribution is 9.10. The van der Waals surface area contributed by atoms with Crippen LogP contribution in [0.15, 0.2) is 76.1 Å². The van der Waals surface area contributed by atoms with Crippen LogP contribution >= 0.6 is 15.9 Å². The molecule has 0 radical (unpaired) electrons. The van der Waals surface area contributed by atoms with E-state index in [4.69, 9.17) is 9.47 Å². The molecule has 0 saturated carbocycles. The van der Waals surface area contributed by atoms with Crippen LogP contribution in [0, 0.1) is 5.92 Å². The third kappa shape index (κ3) is 5.37. The van der Waals surface area contributed by atoms with E-state index in [1.54, 1.807) is 26.1 Å². The number of halogens is 1. The molecule has 5 rings (SSSR count). The number of hydrogen-bond donors (Lipinski definition) is 1. The van der Waals surface area contributed by atoms with Gasteiger partial charge < -0.3 is 19.5 Å². The van der Waals surface area contributed by atoms with Crippen molar-refractivity contribution in [1.29, 1.82) is 0 Å². The summed E-state index contributed by atoms with van der Waals surface area (Å²) in [6.45, 7) is 3.75. The minimum atomic E-state index is -3.92. The largest absolute Gasteiger partial charge is 0.487 e. The Hall–Kier alpha value is -2.92. The fourth-order valence-corrected chi connectivity index (χ4v) is 7.63. The molecule has 0 fully saturated rings. The van der Waals surface area contributed by atoms with Gasteiger partial charge in [0.05, 0.1) is 13.2 Å². The van der Waals surface area contributed by atoms with E-state index in [0.29, 0.717) is 4.47 Å². The molecule has 0 spiro atoms. The minimum absolute atomic E-state index is 0.0247. The number of carbonyl (C=O) groups excluding carboxylic acids is 1. The van der Waals surface area contributed by atoms with Gasteiger partial charge in [0, 0.05) is 35.9 Å². The van der Waals surface area contributed by atoms with Crippen molar-refractivity contribution in [2.45, 2.75) is 36.8 Å². The van der Waals surface area contributed by atoms with Gasteiger partial charge in [-0.3, -0.25) is 0 Å². The summed E-state index contributed by atoms with van der Waals surface area (Å²) in [6, 6.07) is 20.5. The highest BCUT2D eigenvalue weighted by atomic mass is 79.9. The first kappa shape index (κ1) is 28.6. The molecule has 10 heteroatoms. The van der Waals surface area contributed by atoms with Crippen LogP contribution in [0.2, 0.25) is 0 Å². The maximum Gasteiger partial charge on any atom is 0.409 e.